The van der Waals surface area contributed by atoms with Gasteiger partial charge in [0, 0.05) is 25.7 Å². The van der Waals surface area contributed by atoms with Gasteiger partial charge < -0.3 is 0 Å². The monoisotopic (exact) mass is 120 g/mol. The van der Waals surface area contributed by atoms with Gasteiger partial charge in [-0.1, -0.05) is 0 Å². The molecule has 1 rings (SSSR count). The second-order valence-electron chi connectivity index (χ2n) is 1.67. The topological polar surface area (TPSA) is 25.2 Å². The van der Waals surface area contributed by atoms with E-state index in [4.69, 9.17) is 0 Å². The molecule has 9 heavy (non-hydrogen) atoms. The minimum atomic E-state index is 1.09. The summed E-state index contributed by atoms with van der Waals surface area (Å²) in [6.07, 6.45) is 5.29. The van der Waals surface area contributed by atoms with E-state index in [1.54, 1.807) is 25.7 Å². The van der Waals surface area contributed by atoms with Crippen LogP contribution in [0.2, 0.25) is 0 Å². The molecule has 0 fully saturated rings. The number of pyridine rings is 1. The summed E-state index contributed by atoms with van der Waals surface area (Å²) in [7, 11) is 1.75. The lowest BCUT2D eigenvalue weighted by atomic mass is 10.3. The Hall–Kier alpha value is -1.18. The summed E-state index contributed by atoms with van der Waals surface area (Å²) in [5.74, 6) is 0. The van der Waals surface area contributed by atoms with Crippen molar-refractivity contribution in [1.82, 2.24) is 4.98 Å². The molecule has 2 nitrogen and oxygen atoms in total. The van der Waals surface area contributed by atoms with Crippen molar-refractivity contribution in [1.29, 1.82) is 0 Å². The highest BCUT2D eigenvalue weighted by molar-refractivity contribution is 5.78. The van der Waals surface area contributed by atoms with Crippen molar-refractivity contribution >= 4 is 6.21 Å². The SMILES string of the molecule is C/N=C\c1ccncc1. The molecule has 1 aromatic heterocycles. The second kappa shape index (κ2) is 2.97. The molecule has 0 aromatic carbocycles. The Morgan fingerprint density at radius 1 is 1.44 bits per heavy atom. The first kappa shape index (κ1) is 5.95. The third-order valence-corrected chi connectivity index (χ3v) is 0.984. The Morgan fingerprint density at radius 3 is 2.67 bits per heavy atom. The molecule has 0 amide bonds. The van der Waals surface area contributed by atoms with E-state index in [0.29, 0.717) is 0 Å². The van der Waals surface area contributed by atoms with Crippen LogP contribution in [0.1, 0.15) is 5.56 Å². The standard InChI is InChI=1S/C7H8N2/c1-8-6-7-2-4-9-5-3-7/h2-6H,1H3/b8-6-. The lowest BCUT2D eigenvalue weighted by Gasteiger charge is -1.85. The van der Waals surface area contributed by atoms with Crippen molar-refractivity contribution in [2.24, 2.45) is 4.99 Å². The first-order valence-corrected chi connectivity index (χ1v) is 2.75. The smallest absolute Gasteiger partial charge is 0.0282 e. The third-order valence-electron chi connectivity index (χ3n) is 0.984. The van der Waals surface area contributed by atoms with Gasteiger partial charge in [0.2, 0.25) is 0 Å². The Labute approximate surface area is 54.3 Å². The van der Waals surface area contributed by atoms with E-state index in [-0.39, 0.29) is 0 Å². The molecule has 1 aromatic rings. The summed E-state index contributed by atoms with van der Waals surface area (Å²) in [4.78, 5) is 7.72. The molecule has 0 spiro atoms. The van der Waals surface area contributed by atoms with Gasteiger partial charge in [-0.25, -0.2) is 0 Å². The predicted octanol–water partition coefficient (Wildman–Crippen LogP) is 1.13. The average molecular weight is 120 g/mol. The fraction of sp³-hybridized carbons (Fsp3) is 0.143. The molecule has 46 valence electrons. The Balaban J connectivity index is 2.85. The number of nitrogens with zero attached hydrogens (tertiary/aromatic N) is 2. The second-order valence-corrected chi connectivity index (χ2v) is 1.67. The van der Waals surface area contributed by atoms with Crippen LogP contribution in [0.15, 0.2) is 29.5 Å². The fourth-order valence-electron chi connectivity index (χ4n) is 0.599. The van der Waals surface area contributed by atoms with Crippen LogP contribution >= 0.6 is 0 Å². The summed E-state index contributed by atoms with van der Waals surface area (Å²) in [6, 6.07) is 3.82. The number of hydrogen-bond donors (Lipinski definition) is 0. The van der Waals surface area contributed by atoms with Gasteiger partial charge in [-0.2, -0.15) is 0 Å². The number of aliphatic imine (C=N–C) groups is 1. The van der Waals surface area contributed by atoms with E-state index in [1.165, 1.54) is 0 Å². The molecule has 0 N–H and O–H groups in total. The van der Waals surface area contributed by atoms with Crippen molar-refractivity contribution in [3.05, 3.63) is 30.1 Å². The van der Waals surface area contributed by atoms with Crippen molar-refractivity contribution in [2.45, 2.75) is 0 Å². The first-order chi connectivity index (χ1) is 4.43. The highest BCUT2D eigenvalue weighted by Crippen LogP contribution is 1.89. The van der Waals surface area contributed by atoms with Gasteiger partial charge in [0.05, 0.1) is 0 Å². The highest BCUT2D eigenvalue weighted by Gasteiger charge is 1.79. The van der Waals surface area contributed by atoms with Gasteiger partial charge in [-0.05, 0) is 17.7 Å². The van der Waals surface area contributed by atoms with Gasteiger partial charge in [-0.15, -0.1) is 0 Å². The quantitative estimate of drug-likeness (QED) is 0.510. The molecule has 0 saturated heterocycles. The molecule has 0 aliphatic heterocycles. The minimum absolute atomic E-state index is 1.09. The van der Waals surface area contributed by atoms with Crippen molar-refractivity contribution in [3.63, 3.8) is 0 Å². The van der Waals surface area contributed by atoms with Crippen LogP contribution in [-0.4, -0.2) is 18.2 Å². The summed E-state index contributed by atoms with van der Waals surface area (Å²) >= 11 is 0. The minimum Gasteiger partial charge on any atom is -0.296 e. The Kier molecular flexibility index (Phi) is 1.96. The molecule has 0 bridgehead atoms. The van der Waals surface area contributed by atoms with Gasteiger partial charge in [0.1, 0.15) is 0 Å². The predicted molar refractivity (Wildman–Crippen MR) is 37.8 cm³/mol. The number of aromatic nitrogens is 1. The molecule has 0 aliphatic rings. The average Bonchev–Trinajstić information content (AvgIpc) is 1.91. The lowest BCUT2D eigenvalue weighted by Crippen LogP contribution is -1.78. The number of hydrogen-bond acceptors (Lipinski definition) is 2. The highest BCUT2D eigenvalue weighted by atomic mass is 14.6. The van der Waals surface area contributed by atoms with E-state index >= 15 is 0 Å². The molecular weight excluding hydrogens is 112 g/mol. The van der Waals surface area contributed by atoms with Crippen LogP contribution in [0.5, 0.6) is 0 Å². The summed E-state index contributed by atoms with van der Waals surface area (Å²) in [5, 5.41) is 0. The van der Waals surface area contributed by atoms with E-state index in [0.717, 1.165) is 5.56 Å². The molecule has 2 heteroatoms. The Bertz CT molecular complexity index is 191. The van der Waals surface area contributed by atoms with Gasteiger partial charge in [0.25, 0.3) is 0 Å². The van der Waals surface area contributed by atoms with Crippen molar-refractivity contribution < 1.29 is 0 Å². The van der Waals surface area contributed by atoms with Crippen LogP contribution < -0.4 is 0 Å². The van der Waals surface area contributed by atoms with Crippen LogP contribution in [0, 0.1) is 0 Å². The van der Waals surface area contributed by atoms with Crippen LogP contribution in [0.3, 0.4) is 0 Å². The summed E-state index contributed by atoms with van der Waals surface area (Å²) in [6.45, 7) is 0. The maximum Gasteiger partial charge on any atom is 0.0282 e. The molecule has 0 saturated carbocycles. The molecule has 0 aliphatic carbocycles. The zero-order chi connectivity index (χ0) is 6.53. The summed E-state index contributed by atoms with van der Waals surface area (Å²) in [5.41, 5.74) is 1.09. The molecule has 0 radical (unpaired) electrons. The van der Waals surface area contributed by atoms with Crippen molar-refractivity contribution in [2.75, 3.05) is 7.05 Å². The lowest BCUT2D eigenvalue weighted by molar-refractivity contribution is 1.32. The van der Waals surface area contributed by atoms with E-state index in [1.807, 2.05) is 12.1 Å². The molecule has 1 heterocycles. The zero-order valence-electron chi connectivity index (χ0n) is 5.28. The largest absolute Gasteiger partial charge is 0.296 e. The Morgan fingerprint density at radius 2 is 2.11 bits per heavy atom. The van der Waals surface area contributed by atoms with E-state index < -0.39 is 0 Å². The van der Waals surface area contributed by atoms with Gasteiger partial charge in [-0.3, -0.25) is 9.98 Å². The number of rotatable bonds is 1. The van der Waals surface area contributed by atoms with E-state index in [2.05, 4.69) is 9.98 Å². The van der Waals surface area contributed by atoms with Gasteiger partial charge >= 0.3 is 0 Å². The normalized spacial score (nSPS) is 10.3. The molecular formula is C7H8N2. The molecule has 0 unspecified atom stereocenters. The maximum absolute atomic E-state index is 3.87. The van der Waals surface area contributed by atoms with Crippen LogP contribution in [-0.2, 0) is 0 Å². The maximum atomic E-state index is 3.87. The molecule has 0 atom stereocenters. The van der Waals surface area contributed by atoms with Crippen molar-refractivity contribution in [3.8, 4) is 0 Å². The van der Waals surface area contributed by atoms with Crippen LogP contribution in [0.25, 0.3) is 0 Å². The zero-order valence-corrected chi connectivity index (χ0v) is 5.28. The van der Waals surface area contributed by atoms with E-state index in [9.17, 15) is 0 Å². The first-order valence-electron chi connectivity index (χ1n) is 2.75. The third kappa shape index (κ3) is 1.64. The van der Waals surface area contributed by atoms with Gasteiger partial charge in [0.15, 0.2) is 0 Å². The summed E-state index contributed by atoms with van der Waals surface area (Å²) < 4.78 is 0. The fourth-order valence-corrected chi connectivity index (χ4v) is 0.599. The van der Waals surface area contributed by atoms with Crippen LogP contribution in [0.4, 0.5) is 0 Å².